The number of carbonyl (C=O) groups excluding carboxylic acids is 2. The third-order valence-electron chi connectivity index (χ3n) is 9.49. The Hall–Kier alpha value is -0.410. The highest BCUT2D eigenvalue weighted by Gasteiger charge is 2.33. The standard InChI is InChI=1S/C39H74INO5/c1-3-5-7-8-10-17-25-37(35-28-29-35)46-39(44)27-19-14-22-32-41(33-34-42)31-21-12-9-11-18-26-38(43)45-36(23-15-6-4-2)24-16-13-20-30-40/h35-37,42H,3-34H2,1-2H3. The van der Waals surface area contributed by atoms with Crippen LogP contribution in [-0.2, 0) is 19.1 Å². The number of ether oxygens (including phenoxy) is 2. The van der Waals surface area contributed by atoms with Gasteiger partial charge in [-0.25, -0.2) is 0 Å². The van der Waals surface area contributed by atoms with Gasteiger partial charge in [-0.3, -0.25) is 9.59 Å². The predicted molar refractivity (Wildman–Crippen MR) is 202 cm³/mol. The third kappa shape index (κ3) is 26.5. The maximum absolute atomic E-state index is 12.5. The summed E-state index contributed by atoms with van der Waals surface area (Å²) in [4.78, 5) is 27.3. The number of rotatable bonds is 35. The Bertz CT molecular complexity index is 704. The second kappa shape index (κ2) is 31.8. The summed E-state index contributed by atoms with van der Waals surface area (Å²) >= 11 is 2.43. The van der Waals surface area contributed by atoms with E-state index in [-0.39, 0.29) is 30.8 Å². The minimum absolute atomic E-state index is 0.00249. The van der Waals surface area contributed by atoms with Crippen LogP contribution in [0.3, 0.4) is 0 Å². The van der Waals surface area contributed by atoms with E-state index in [9.17, 15) is 14.7 Å². The number of aliphatic hydroxyl groups excluding tert-OH is 1. The van der Waals surface area contributed by atoms with E-state index in [0.29, 0.717) is 25.3 Å². The van der Waals surface area contributed by atoms with Gasteiger partial charge in [-0.2, -0.15) is 0 Å². The fraction of sp³-hybridized carbons (Fsp3) is 0.949. The van der Waals surface area contributed by atoms with Gasteiger partial charge < -0.3 is 19.5 Å². The molecule has 1 N–H and O–H groups in total. The molecule has 0 heterocycles. The molecule has 2 atom stereocenters. The first-order chi connectivity index (χ1) is 22.5. The number of alkyl halides is 1. The molecule has 0 amide bonds. The van der Waals surface area contributed by atoms with Crippen molar-refractivity contribution in [2.75, 3.05) is 30.7 Å². The van der Waals surface area contributed by atoms with Crippen LogP contribution < -0.4 is 0 Å². The number of esters is 2. The molecule has 0 aromatic carbocycles. The molecule has 2 unspecified atom stereocenters. The van der Waals surface area contributed by atoms with Crippen molar-refractivity contribution in [2.24, 2.45) is 5.92 Å². The molecule has 1 saturated carbocycles. The van der Waals surface area contributed by atoms with Gasteiger partial charge >= 0.3 is 11.9 Å². The molecule has 0 radical (unpaired) electrons. The maximum Gasteiger partial charge on any atom is 0.306 e. The Morgan fingerprint density at radius 3 is 1.72 bits per heavy atom. The van der Waals surface area contributed by atoms with Crippen LogP contribution in [-0.4, -0.2) is 64.8 Å². The summed E-state index contributed by atoms with van der Waals surface area (Å²) in [6.45, 7) is 7.35. The van der Waals surface area contributed by atoms with Gasteiger partial charge in [0.15, 0.2) is 0 Å². The number of halogens is 1. The van der Waals surface area contributed by atoms with Crippen molar-refractivity contribution < 1.29 is 24.2 Å². The average molecular weight is 764 g/mol. The molecule has 0 spiro atoms. The van der Waals surface area contributed by atoms with Gasteiger partial charge in [0, 0.05) is 19.4 Å². The van der Waals surface area contributed by atoms with Crippen molar-refractivity contribution in [3.05, 3.63) is 0 Å². The number of hydrogen-bond acceptors (Lipinski definition) is 6. The van der Waals surface area contributed by atoms with E-state index in [4.69, 9.17) is 9.47 Å². The van der Waals surface area contributed by atoms with Crippen LogP contribution in [0.2, 0.25) is 0 Å². The number of unbranched alkanes of at least 4 members (excludes halogenated alkanes) is 15. The van der Waals surface area contributed by atoms with E-state index in [0.717, 1.165) is 96.6 Å². The van der Waals surface area contributed by atoms with E-state index >= 15 is 0 Å². The second-order valence-corrected chi connectivity index (χ2v) is 15.0. The topological polar surface area (TPSA) is 76.1 Å². The lowest BCUT2D eigenvalue weighted by atomic mass is 10.0. The summed E-state index contributed by atoms with van der Waals surface area (Å²) in [6, 6.07) is 0. The molecule has 1 rings (SSSR count). The largest absolute Gasteiger partial charge is 0.462 e. The normalized spacial score (nSPS) is 14.5. The van der Waals surface area contributed by atoms with Crippen molar-refractivity contribution >= 4 is 34.5 Å². The predicted octanol–water partition coefficient (Wildman–Crippen LogP) is 10.7. The van der Waals surface area contributed by atoms with E-state index in [2.05, 4.69) is 41.3 Å². The fourth-order valence-corrected chi connectivity index (χ4v) is 6.92. The number of aliphatic hydroxyl groups is 1. The molecule has 1 fully saturated rings. The summed E-state index contributed by atoms with van der Waals surface area (Å²) in [5.41, 5.74) is 0. The molecule has 7 heteroatoms. The monoisotopic (exact) mass is 763 g/mol. The molecule has 0 bridgehead atoms. The van der Waals surface area contributed by atoms with Crippen LogP contribution in [0.5, 0.6) is 0 Å². The van der Waals surface area contributed by atoms with Crippen molar-refractivity contribution in [2.45, 2.75) is 199 Å². The summed E-state index contributed by atoms with van der Waals surface area (Å²) in [6.07, 6.45) is 30.2. The molecule has 1 aliphatic carbocycles. The minimum Gasteiger partial charge on any atom is -0.462 e. The summed E-state index contributed by atoms with van der Waals surface area (Å²) in [7, 11) is 0. The lowest BCUT2D eigenvalue weighted by molar-refractivity contribution is -0.151. The zero-order chi connectivity index (χ0) is 33.5. The van der Waals surface area contributed by atoms with Gasteiger partial charge in [-0.1, -0.05) is 113 Å². The van der Waals surface area contributed by atoms with Crippen molar-refractivity contribution in [1.29, 1.82) is 0 Å². The Kier molecular flexibility index (Phi) is 30.2. The smallest absolute Gasteiger partial charge is 0.306 e. The van der Waals surface area contributed by atoms with Crippen molar-refractivity contribution in [1.82, 2.24) is 4.90 Å². The molecular formula is C39H74INO5. The molecule has 0 aromatic heterocycles. The molecule has 272 valence electrons. The summed E-state index contributed by atoms with van der Waals surface area (Å²) in [5, 5.41) is 9.53. The Balaban J connectivity index is 2.11. The highest BCUT2D eigenvalue weighted by molar-refractivity contribution is 14.1. The fourth-order valence-electron chi connectivity index (χ4n) is 6.38. The molecule has 6 nitrogen and oxygen atoms in total. The molecule has 1 aliphatic rings. The van der Waals surface area contributed by atoms with Crippen LogP contribution in [0.1, 0.15) is 187 Å². The van der Waals surface area contributed by atoms with Crippen LogP contribution in [0.15, 0.2) is 0 Å². The first-order valence-corrected chi connectivity index (χ1v) is 21.3. The van der Waals surface area contributed by atoms with Crippen molar-refractivity contribution in [3.8, 4) is 0 Å². The molecule has 0 aliphatic heterocycles. The summed E-state index contributed by atoms with van der Waals surface area (Å²) in [5.74, 6) is 0.608. The summed E-state index contributed by atoms with van der Waals surface area (Å²) < 4.78 is 13.0. The van der Waals surface area contributed by atoms with E-state index in [1.54, 1.807) is 0 Å². The molecular weight excluding hydrogens is 689 g/mol. The lowest BCUT2D eigenvalue weighted by Gasteiger charge is -2.21. The van der Waals surface area contributed by atoms with E-state index in [1.165, 1.54) is 81.5 Å². The number of hydrogen-bond donors (Lipinski definition) is 1. The second-order valence-electron chi connectivity index (χ2n) is 14.0. The number of carbonyl (C=O) groups is 2. The lowest BCUT2D eigenvalue weighted by Crippen LogP contribution is -2.29. The maximum atomic E-state index is 12.5. The van der Waals surface area contributed by atoms with E-state index < -0.39 is 0 Å². The average Bonchev–Trinajstić information content (AvgIpc) is 3.89. The zero-order valence-corrected chi connectivity index (χ0v) is 32.4. The third-order valence-corrected chi connectivity index (χ3v) is 10.2. The van der Waals surface area contributed by atoms with Gasteiger partial charge in [0.05, 0.1) is 6.61 Å². The quantitative estimate of drug-likeness (QED) is 0.0300. The van der Waals surface area contributed by atoms with Gasteiger partial charge in [0.25, 0.3) is 0 Å². The Morgan fingerprint density at radius 1 is 0.630 bits per heavy atom. The number of nitrogens with zero attached hydrogens (tertiary/aromatic N) is 1. The molecule has 46 heavy (non-hydrogen) atoms. The van der Waals surface area contributed by atoms with Gasteiger partial charge in [0.2, 0.25) is 0 Å². The van der Waals surface area contributed by atoms with Gasteiger partial charge in [-0.15, -0.1) is 0 Å². The van der Waals surface area contributed by atoms with E-state index in [1.807, 2.05) is 0 Å². The minimum atomic E-state index is -0.00586. The highest BCUT2D eigenvalue weighted by atomic mass is 127. The van der Waals surface area contributed by atoms with Crippen LogP contribution in [0.4, 0.5) is 0 Å². The van der Waals surface area contributed by atoms with Crippen LogP contribution in [0, 0.1) is 5.92 Å². The Labute approximate surface area is 298 Å². The van der Waals surface area contributed by atoms with Gasteiger partial charge in [-0.05, 0) is 107 Å². The molecule has 0 aromatic rings. The van der Waals surface area contributed by atoms with Crippen LogP contribution in [0.25, 0.3) is 0 Å². The Morgan fingerprint density at radius 2 is 1.11 bits per heavy atom. The molecule has 0 saturated heterocycles. The first kappa shape index (κ1) is 43.6. The highest BCUT2D eigenvalue weighted by Crippen LogP contribution is 2.37. The van der Waals surface area contributed by atoms with Crippen molar-refractivity contribution in [3.63, 3.8) is 0 Å². The van der Waals surface area contributed by atoms with Gasteiger partial charge in [0.1, 0.15) is 12.2 Å². The van der Waals surface area contributed by atoms with Crippen LogP contribution >= 0.6 is 22.6 Å². The SMILES string of the molecule is CCCCCCCCC(OC(=O)CCCCCN(CCO)CCCCCCCC(=O)OC(CCCCC)CCCCCI)C1CC1. The zero-order valence-electron chi connectivity index (χ0n) is 30.3. The first-order valence-electron chi connectivity index (χ1n) is 19.8.